The van der Waals surface area contributed by atoms with E-state index in [4.69, 9.17) is 0 Å². The molecule has 0 saturated heterocycles. The lowest BCUT2D eigenvalue weighted by atomic mass is 10.1. The van der Waals surface area contributed by atoms with E-state index in [1.54, 1.807) is 48.3 Å². The second-order valence-corrected chi connectivity index (χ2v) is 5.24. The minimum absolute atomic E-state index is 0.173. The number of anilines is 1. The lowest BCUT2D eigenvalue weighted by molar-refractivity contribution is 0.0696. The van der Waals surface area contributed by atoms with E-state index in [-0.39, 0.29) is 11.4 Å². The van der Waals surface area contributed by atoms with Crippen LogP contribution >= 0.6 is 15.9 Å². The highest BCUT2D eigenvalue weighted by molar-refractivity contribution is 9.10. The van der Waals surface area contributed by atoms with Gasteiger partial charge in [0.25, 0.3) is 0 Å². The monoisotopic (exact) mass is 337 g/mol. The Morgan fingerprint density at radius 2 is 1.95 bits per heavy atom. The van der Waals surface area contributed by atoms with Crippen LogP contribution in [0.15, 0.2) is 46.9 Å². The Labute approximate surface area is 124 Å². The highest BCUT2D eigenvalue weighted by Gasteiger charge is 2.17. The third-order valence-corrected chi connectivity index (χ3v) is 3.64. The molecule has 0 aliphatic carbocycles. The molecule has 0 radical (unpaired) electrons. The van der Waals surface area contributed by atoms with Gasteiger partial charge in [0.15, 0.2) is 0 Å². The maximum absolute atomic E-state index is 13.7. The first kappa shape index (κ1) is 14.5. The van der Waals surface area contributed by atoms with E-state index in [1.807, 2.05) is 0 Å². The number of carboxylic acid groups (broad SMARTS) is 1. The van der Waals surface area contributed by atoms with Gasteiger partial charge in [0.1, 0.15) is 5.82 Å². The SMILES string of the molecule is CN(Cc1ccccc1F)c1cccc(Br)c1C(=O)O. The summed E-state index contributed by atoms with van der Waals surface area (Å²) in [6.45, 7) is 0.295. The molecule has 104 valence electrons. The Morgan fingerprint density at radius 3 is 2.60 bits per heavy atom. The topological polar surface area (TPSA) is 40.5 Å². The molecule has 0 saturated carbocycles. The van der Waals surface area contributed by atoms with Crippen LogP contribution in [0.4, 0.5) is 10.1 Å². The summed E-state index contributed by atoms with van der Waals surface area (Å²) in [5.41, 5.74) is 1.23. The molecule has 2 aromatic carbocycles. The molecule has 1 N–H and O–H groups in total. The maximum atomic E-state index is 13.7. The second-order valence-electron chi connectivity index (χ2n) is 4.39. The quantitative estimate of drug-likeness (QED) is 0.919. The van der Waals surface area contributed by atoms with Gasteiger partial charge in [0.05, 0.1) is 11.3 Å². The summed E-state index contributed by atoms with van der Waals surface area (Å²) >= 11 is 3.23. The Kier molecular flexibility index (Phi) is 4.39. The van der Waals surface area contributed by atoms with E-state index in [0.717, 1.165) is 0 Å². The zero-order valence-electron chi connectivity index (χ0n) is 10.8. The van der Waals surface area contributed by atoms with Gasteiger partial charge in [-0.3, -0.25) is 0 Å². The number of benzene rings is 2. The van der Waals surface area contributed by atoms with Crippen molar-refractivity contribution in [3.05, 3.63) is 63.9 Å². The fraction of sp³-hybridized carbons (Fsp3) is 0.133. The summed E-state index contributed by atoms with van der Waals surface area (Å²) < 4.78 is 14.2. The molecule has 0 heterocycles. The number of hydrogen-bond acceptors (Lipinski definition) is 2. The lowest BCUT2D eigenvalue weighted by Gasteiger charge is -2.22. The van der Waals surface area contributed by atoms with Gasteiger partial charge in [0.2, 0.25) is 0 Å². The molecule has 2 rings (SSSR count). The zero-order chi connectivity index (χ0) is 14.7. The fourth-order valence-electron chi connectivity index (χ4n) is 2.01. The Morgan fingerprint density at radius 1 is 1.25 bits per heavy atom. The van der Waals surface area contributed by atoms with Crippen LogP contribution in [0.3, 0.4) is 0 Å². The van der Waals surface area contributed by atoms with Crippen molar-refractivity contribution in [2.45, 2.75) is 6.54 Å². The molecule has 0 fully saturated rings. The first-order valence-electron chi connectivity index (χ1n) is 5.97. The molecular formula is C15H13BrFNO2. The number of halogens is 2. The van der Waals surface area contributed by atoms with Crippen molar-refractivity contribution in [3.63, 3.8) is 0 Å². The molecule has 20 heavy (non-hydrogen) atoms. The summed E-state index contributed by atoms with van der Waals surface area (Å²) in [7, 11) is 1.74. The molecule has 0 aliphatic rings. The van der Waals surface area contributed by atoms with Crippen LogP contribution in [0.5, 0.6) is 0 Å². The first-order valence-corrected chi connectivity index (χ1v) is 6.76. The smallest absolute Gasteiger partial charge is 0.338 e. The largest absolute Gasteiger partial charge is 0.478 e. The van der Waals surface area contributed by atoms with Crippen molar-refractivity contribution in [1.29, 1.82) is 0 Å². The van der Waals surface area contributed by atoms with E-state index in [9.17, 15) is 14.3 Å². The molecule has 0 aliphatic heterocycles. The average molecular weight is 338 g/mol. The maximum Gasteiger partial charge on any atom is 0.338 e. The van der Waals surface area contributed by atoms with Crippen molar-refractivity contribution in [2.24, 2.45) is 0 Å². The summed E-state index contributed by atoms with van der Waals surface area (Å²) in [6, 6.07) is 11.6. The van der Waals surface area contributed by atoms with Crippen LogP contribution in [0.1, 0.15) is 15.9 Å². The van der Waals surface area contributed by atoms with Gasteiger partial charge in [-0.05, 0) is 34.1 Å². The van der Waals surface area contributed by atoms with Crippen molar-refractivity contribution < 1.29 is 14.3 Å². The van der Waals surface area contributed by atoms with E-state index < -0.39 is 5.97 Å². The van der Waals surface area contributed by atoms with Crippen LogP contribution in [-0.2, 0) is 6.54 Å². The van der Waals surface area contributed by atoms with Gasteiger partial charge in [-0.25, -0.2) is 9.18 Å². The lowest BCUT2D eigenvalue weighted by Crippen LogP contribution is -2.20. The predicted molar refractivity (Wildman–Crippen MR) is 79.6 cm³/mol. The van der Waals surface area contributed by atoms with Gasteiger partial charge < -0.3 is 10.0 Å². The number of hydrogen-bond donors (Lipinski definition) is 1. The van der Waals surface area contributed by atoms with E-state index in [2.05, 4.69) is 15.9 Å². The third-order valence-electron chi connectivity index (χ3n) is 2.98. The van der Waals surface area contributed by atoms with Crippen molar-refractivity contribution in [2.75, 3.05) is 11.9 Å². The van der Waals surface area contributed by atoms with E-state index in [1.165, 1.54) is 6.07 Å². The van der Waals surface area contributed by atoms with Gasteiger partial charge in [-0.2, -0.15) is 0 Å². The number of carbonyl (C=O) groups is 1. The van der Waals surface area contributed by atoms with Crippen molar-refractivity contribution in [3.8, 4) is 0 Å². The number of rotatable bonds is 4. The highest BCUT2D eigenvalue weighted by Crippen LogP contribution is 2.28. The minimum atomic E-state index is -1.02. The molecule has 2 aromatic rings. The minimum Gasteiger partial charge on any atom is -0.478 e. The van der Waals surface area contributed by atoms with Crippen LogP contribution in [0.25, 0.3) is 0 Å². The molecule has 0 amide bonds. The summed E-state index contributed by atoms with van der Waals surface area (Å²) in [5.74, 6) is -1.32. The molecule has 5 heteroatoms. The van der Waals surface area contributed by atoms with Crippen molar-refractivity contribution in [1.82, 2.24) is 0 Å². The molecule has 0 unspecified atom stereocenters. The van der Waals surface area contributed by atoms with Crippen molar-refractivity contribution >= 4 is 27.6 Å². The van der Waals surface area contributed by atoms with E-state index in [0.29, 0.717) is 22.3 Å². The molecule has 0 atom stereocenters. The summed E-state index contributed by atoms with van der Waals surface area (Å²) in [5, 5.41) is 9.29. The predicted octanol–water partition coefficient (Wildman–Crippen LogP) is 3.92. The first-order chi connectivity index (χ1) is 9.50. The molecular weight excluding hydrogens is 325 g/mol. The number of carboxylic acids is 1. The molecule has 0 aromatic heterocycles. The van der Waals surface area contributed by atoms with Crippen LogP contribution < -0.4 is 4.90 Å². The normalized spacial score (nSPS) is 10.3. The fourth-order valence-corrected chi connectivity index (χ4v) is 2.54. The van der Waals surface area contributed by atoms with Crippen LogP contribution in [0.2, 0.25) is 0 Å². The summed E-state index contributed by atoms with van der Waals surface area (Å²) in [6.07, 6.45) is 0. The highest BCUT2D eigenvalue weighted by atomic mass is 79.9. The van der Waals surface area contributed by atoms with Gasteiger partial charge >= 0.3 is 5.97 Å². The standard InChI is InChI=1S/C15H13BrFNO2/c1-18(9-10-5-2-3-7-12(10)17)13-8-4-6-11(16)14(13)15(19)20/h2-8H,9H2,1H3,(H,19,20). The van der Waals surface area contributed by atoms with Gasteiger partial charge in [-0.15, -0.1) is 0 Å². The molecule has 3 nitrogen and oxygen atoms in total. The van der Waals surface area contributed by atoms with Gasteiger partial charge in [0, 0.05) is 23.6 Å². The Bertz CT molecular complexity index is 646. The number of nitrogens with zero attached hydrogens (tertiary/aromatic N) is 1. The van der Waals surface area contributed by atoms with Crippen LogP contribution in [-0.4, -0.2) is 18.1 Å². The molecule has 0 bridgehead atoms. The number of aromatic carboxylic acids is 1. The Hall–Kier alpha value is -1.88. The van der Waals surface area contributed by atoms with Gasteiger partial charge in [-0.1, -0.05) is 24.3 Å². The molecule has 0 spiro atoms. The van der Waals surface area contributed by atoms with E-state index >= 15 is 0 Å². The van der Waals surface area contributed by atoms with Crippen LogP contribution in [0, 0.1) is 5.82 Å². The Balaban J connectivity index is 2.35. The zero-order valence-corrected chi connectivity index (χ0v) is 12.4. The summed E-state index contributed by atoms with van der Waals surface area (Å²) in [4.78, 5) is 13.1. The third kappa shape index (κ3) is 2.99. The average Bonchev–Trinajstić information content (AvgIpc) is 2.40. The second kappa shape index (κ2) is 6.05.